The predicted octanol–water partition coefficient (Wildman–Crippen LogP) is 2.88. The van der Waals surface area contributed by atoms with Gasteiger partial charge < -0.3 is 9.64 Å². The number of para-hydroxylation sites is 1. The zero-order valence-electron chi connectivity index (χ0n) is 13.4. The van der Waals surface area contributed by atoms with Gasteiger partial charge in [-0.1, -0.05) is 36.4 Å². The summed E-state index contributed by atoms with van der Waals surface area (Å²) in [5, 5.41) is 11.1. The van der Waals surface area contributed by atoms with E-state index in [9.17, 15) is 19.3 Å². The third kappa shape index (κ3) is 3.83. The number of amides is 1. The predicted molar refractivity (Wildman–Crippen MR) is 88.5 cm³/mol. The molecule has 25 heavy (non-hydrogen) atoms. The fraction of sp³-hybridized carbons (Fsp3) is 0.278. The highest BCUT2D eigenvalue weighted by Gasteiger charge is 2.28. The largest absolute Gasteiger partial charge is 0.370 e. The molecule has 1 aliphatic heterocycles. The SMILES string of the molecule is O=C(Cc1ccccc1[N+](=O)[O-])N1CCO[C@H](c2ccccc2F)C1. The molecule has 0 spiro atoms. The van der Waals surface area contributed by atoms with Crippen LogP contribution in [0.5, 0.6) is 0 Å². The summed E-state index contributed by atoms with van der Waals surface area (Å²) < 4.78 is 19.5. The Bertz CT molecular complexity index is 796. The number of hydrogen-bond acceptors (Lipinski definition) is 4. The third-order valence-corrected chi connectivity index (χ3v) is 4.20. The summed E-state index contributed by atoms with van der Waals surface area (Å²) in [6, 6.07) is 12.5. The van der Waals surface area contributed by atoms with Gasteiger partial charge in [0.25, 0.3) is 5.69 Å². The van der Waals surface area contributed by atoms with Crippen LogP contribution in [0.25, 0.3) is 0 Å². The van der Waals surface area contributed by atoms with Crippen LogP contribution in [0.3, 0.4) is 0 Å². The Hall–Kier alpha value is -2.80. The number of carbonyl (C=O) groups excluding carboxylic acids is 1. The summed E-state index contributed by atoms with van der Waals surface area (Å²) >= 11 is 0. The van der Waals surface area contributed by atoms with Gasteiger partial charge in [0, 0.05) is 23.7 Å². The summed E-state index contributed by atoms with van der Waals surface area (Å²) in [5.41, 5.74) is 0.701. The molecule has 1 saturated heterocycles. The molecule has 0 aliphatic carbocycles. The molecule has 3 rings (SSSR count). The van der Waals surface area contributed by atoms with Crippen molar-refractivity contribution in [1.29, 1.82) is 0 Å². The molecular formula is C18H17FN2O4. The van der Waals surface area contributed by atoms with Gasteiger partial charge in [0.1, 0.15) is 11.9 Å². The maximum absolute atomic E-state index is 13.9. The van der Waals surface area contributed by atoms with Crippen molar-refractivity contribution >= 4 is 11.6 Å². The second-order valence-electron chi connectivity index (χ2n) is 5.78. The number of rotatable bonds is 4. The second kappa shape index (κ2) is 7.40. The Morgan fingerprint density at radius 3 is 2.72 bits per heavy atom. The molecule has 1 atom stereocenters. The van der Waals surface area contributed by atoms with E-state index in [0.717, 1.165) is 0 Å². The number of halogens is 1. The van der Waals surface area contributed by atoms with E-state index < -0.39 is 11.0 Å². The summed E-state index contributed by atoms with van der Waals surface area (Å²) in [4.78, 5) is 24.7. The number of morpholine rings is 1. The highest BCUT2D eigenvalue weighted by atomic mass is 19.1. The van der Waals surface area contributed by atoms with Crippen LogP contribution in [-0.4, -0.2) is 35.4 Å². The zero-order chi connectivity index (χ0) is 17.8. The van der Waals surface area contributed by atoms with E-state index in [0.29, 0.717) is 24.3 Å². The molecule has 6 nitrogen and oxygen atoms in total. The molecular weight excluding hydrogens is 327 g/mol. The standard InChI is InChI=1S/C18H17FN2O4/c19-15-7-3-2-6-14(15)17-12-20(9-10-25-17)18(22)11-13-5-1-4-8-16(13)21(23)24/h1-8,17H,9-12H2/t17-/m0/s1. The fourth-order valence-electron chi connectivity index (χ4n) is 2.91. The first kappa shape index (κ1) is 17.0. The molecule has 130 valence electrons. The molecule has 2 aromatic carbocycles. The Balaban J connectivity index is 1.73. The van der Waals surface area contributed by atoms with Crippen LogP contribution in [0, 0.1) is 15.9 Å². The van der Waals surface area contributed by atoms with Crippen LogP contribution in [0.2, 0.25) is 0 Å². The third-order valence-electron chi connectivity index (χ3n) is 4.20. The molecule has 0 bridgehead atoms. The molecule has 0 aromatic heterocycles. The Morgan fingerprint density at radius 1 is 1.24 bits per heavy atom. The van der Waals surface area contributed by atoms with Crippen molar-refractivity contribution in [2.45, 2.75) is 12.5 Å². The Kier molecular flexibility index (Phi) is 5.04. The van der Waals surface area contributed by atoms with Gasteiger partial charge in [-0.15, -0.1) is 0 Å². The maximum atomic E-state index is 13.9. The van der Waals surface area contributed by atoms with Gasteiger partial charge in [-0.05, 0) is 6.07 Å². The van der Waals surface area contributed by atoms with E-state index in [4.69, 9.17) is 4.74 Å². The van der Waals surface area contributed by atoms with E-state index in [1.165, 1.54) is 12.1 Å². The van der Waals surface area contributed by atoms with Crippen molar-refractivity contribution < 1.29 is 18.8 Å². The van der Waals surface area contributed by atoms with Gasteiger partial charge in [-0.2, -0.15) is 0 Å². The molecule has 1 amide bonds. The number of nitro groups is 1. The van der Waals surface area contributed by atoms with Crippen molar-refractivity contribution in [2.75, 3.05) is 19.7 Å². The molecule has 1 aliphatic rings. The second-order valence-corrected chi connectivity index (χ2v) is 5.78. The molecule has 0 unspecified atom stereocenters. The number of carbonyl (C=O) groups is 1. The van der Waals surface area contributed by atoms with Crippen molar-refractivity contribution in [3.05, 3.63) is 75.6 Å². The van der Waals surface area contributed by atoms with Crippen LogP contribution in [-0.2, 0) is 16.0 Å². The van der Waals surface area contributed by atoms with E-state index in [1.807, 2.05) is 0 Å². The minimum Gasteiger partial charge on any atom is -0.370 e. The quantitative estimate of drug-likeness (QED) is 0.631. The molecule has 1 heterocycles. The minimum absolute atomic E-state index is 0.0683. The van der Waals surface area contributed by atoms with Gasteiger partial charge in [0.2, 0.25) is 5.91 Å². The van der Waals surface area contributed by atoms with E-state index in [1.54, 1.807) is 41.3 Å². The van der Waals surface area contributed by atoms with Gasteiger partial charge >= 0.3 is 0 Å². The first-order valence-corrected chi connectivity index (χ1v) is 7.92. The van der Waals surface area contributed by atoms with Gasteiger partial charge in [0.15, 0.2) is 0 Å². The van der Waals surface area contributed by atoms with Crippen LogP contribution >= 0.6 is 0 Å². The highest BCUT2D eigenvalue weighted by molar-refractivity contribution is 5.80. The zero-order valence-corrected chi connectivity index (χ0v) is 13.4. The van der Waals surface area contributed by atoms with Crippen LogP contribution in [0.4, 0.5) is 10.1 Å². The van der Waals surface area contributed by atoms with Crippen molar-refractivity contribution in [3.63, 3.8) is 0 Å². The van der Waals surface area contributed by atoms with E-state index in [2.05, 4.69) is 0 Å². The smallest absolute Gasteiger partial charge is 0.273 e. The summed E-state index contributed by atoms with van der Waals surface area (Å²) in [6.07, 6.45) is -0.606. The lowest BCUT2D eigenvalue weighted by molar-refractivity contribution is -0.385. The lowest BCUT2D eigenvalue weighted by atomic mass is 10.1. The lowest BCUT2D eigenvalue weighted by Gasteiger charge is -2.33. The van der Waals surface area contributed by atoms with Crippen molar-refractivity contribution in [1.82, 2.24) is 4.90 Å². The maximum Gasteiger partial charge on any atom is 0.273 e. The Labute approximate surface area is 144 Å². The molecule has 1 fully saturated rings. The van der Waals surface area contributed by atoms with Crippen molar-refractivity contribution in [3.8, 4) is 0 Å². The number of benzene rings is 2. The van der Waals surface area contributed by atoms with Gasteiger partial charge in [-0.3, -0.25) is 14.9 Å². The molecule has 7 heteroatoms. The average molecular weight is 344 g/mol. The lowest BCUT2D eigenvalue weighted by Crippen LogP contribution is -2.43. The van der Waals surface area contributed by atoms with Crippen LogP contribution in [0.1, 0.15) is 17.2 Å². The van der Waals surface area contributed by atoms with Crippen molar-refractivity contribution in [2.24, 2.45) is 0 Å². The number of nitrogens with zero attached hydrogens (tertiary/aromatic N) is 2. The van der Waals surface area contributed by atoms with Crippen LogP contribution in [0.15, 0.2) is 48.5 Å². The van der Waals surface area contributed by atoms with E-state index >= 15 is 0 Å². The first-order chi connectivity index (χ1) is 12.1. The number of nitro benzene ring substituents is 1. The summed E-state index contributed by atoms with van der Waals surface area (Å²) in [6.45, 7) is 0.895. The summed E-state index contributed by atoms with van der Waals surface area (Å²) in [5.74, 6) is -0.612. The van der Waals surface area contributed by atoms with Gasteiger partial charge in [0.05, 0.1) is 24.5 Å². The summed E-state index contributed by atoms with van der Waals surface area (Å²) in [7, 11) is 0. The molecule has 0 N–H and O–H groups in total. The highest BCUT2D eigenvalue weighted by Crippen LogP contribution is 2.25. The topological polar surface area (TPSA) is 72.7 Å². The number of ether oxygens (including phenoxy) is 1. The normalized spacial score (nSPS) is 17.3. The number of hydrogen-bond donors (Lipinski definition) is 0. The first-order valence-electron chi connectivity index (χ1n) is 7.92. The fourth-order valence-corrected chi connectivity index (χ4v) is 2.91. The van der Waals surface area contributed by atoms with Crippen LogP contribution < -0.4 is 0 Å². The molecule has 2 aromatic rings. The molecule has 0 radical (unpaired) electrons. The van der Waals surface area contributed by atoms with Gasteiger partial charge in [-0.25, -0.2) is 4.39 Å². The Morgan fingerprint density at radius 2 is 1.96 bits per heavy atom. The van der Waals surface area contributed by atoms with E-state index in [-0.39, 0.29) is 30.4 Å². The average Bonchev–Trinajstić information content (AvgIpc) is 2.62. The molecule has 0 saturated carbocycles. The monoisotopic (exact) mass is 344 g/mol. The minimum atomic E-state index is -0.537.